The van der Waals surface area contributed by atoms with Gasteiger partial charge in [0.1, 0.15) is 19.1 Å². The summed E-state index contributed by atoms with van der Waals surface area (Å²) in [7, 11) is 0. The van der Waals surface area contributed by atoms with E-state index in [9.17, 15) is 22.0 Å². The minimum absolute atomic E-state index is 0.00458. The molecule has 4 aromatic carbocycles. The molecule has 1 fully saturated rings. The van der Waals surface area contributed by atoms with E-state index in [0.29, 0.717) is 31.2 Å². The van der Waals surface area contributed by atoms with Crippen LogP contribution in [-0.2, 0) is 17.3 Å². The lowest BCUT2D eigenvalue weighted by atomic mass is 9.82. The van der Waals surface area contributed by atoms with Crippen LogP contribution in [0, 0.1) is 17.5 Å². The zero-order valence-electron chi connectivity index (χ0n) is 25.8. The monoisotopic (exact) mass is 640 g/mol. The van der Waals surface area contributed by atoms with E-state index < -0.39 is 48.7 Å². The summed E-state index contributed by atoms with van der Waals surface area (Å²) in [5.41, 5.74) is 3.37. The molecule has 1 saturated carbocycles. The van der Waals surface area contributed by atoms with Crippen LogP contribution in [0.15, 0.2) is 78.9 Å². The van der Waals surface area contributed by atoms with Crippen LogP contribution < -0.4 is 4.74 Å². The van der Waals surface area contributed by atoms with E-state index in [4.69, 9.17) is 9.47 Å². The second kappa shape index (κ2) is 15.2. The zero-order valence-corrected chi connectivity index (χ0v) is 25.8. The molecule has 1 aliphatic rings. The Hall–Kier alpha value is -3.78. The third-order valence-electron chi connectivity index (χ3n) is 8.67. The highest BCUT2D eigenvalue weighted by Crippen LogP contribution is 2.40. The van der Waals surface area contributed by atoms with Gasteiger partial charge in [-0.2, -0.15) is 8.78 Å². The average molecular weight is 641 g/mol. The van der Waals surface area contributed by atoms with Gasteiger partial charge in [-0.3, -0.25) is 0 Å². The minimum Gasteiger partial charge on any atom is -0.485 e. The van der Waals surface area contributed by atoms with Crippen molar-refractivity contribution in [1.82, 2.24) is 0 Å². The van der Waals surface area contributed by atoms with Crippen LogP contribution in [0.25, 0.3) is 22.3 Å². The van der Waals surface area contributed by atoms with Crippen LogP contribution in [0.3, 0.4) is 0 Å². The van der Waals surface area contributed by atoms with Crippen molar-refractivity contribution >= 4 is 0 Å². The molecule has 0 N–H and O–H groups in total. The molecular formula is C38H38F6O2. The van der Waals surface area contributed by atoms with Crippen LogP contribution in [-0.4, -0.2) is 19.4 Å². The van der Waals surface area contributed by atoms with Crippen molar-refractivity contribution in [2.75, 3.05) is 13.3 Å². The molecule has 4 aromatic rings. The van der Waals surface area contributed by atoms with E-state index in [2.05, 4.69) is 6.92 Å². The molecule has 0 radical (unpaired) electrons. The second-order valence-electron chi connectivity index (χ2n) is 11.9. The molecule has 0 saturated heterocycles. The second-order valence-corrected chi connectivity index (χ2v) is 11.9. The smallest absolute Gasteiger partial charge is 0.383 e. The first kappa shape index (κ1) is 33.6. The Labute approximate surface area is 266 Å². The number of unbranched alkanes of at least 4 members (excludes halogenated alkanes) is 2. The van der Waals surface area contributed by atoms with Crippen molar-refractivity contribution in [2.24, 2.45) is 0 Å². The maximum atomic E-state index is 15.1. The molecule has 0 heterocycles. The first-order valence-electron chi connectivity index (χ1n) is 15.9. The Morgan fingerprint density at radius 2 is 1.35 bits per heavy atom. The molecule has 0 aromatic heterocycles. The van der Waals surface area contributed by atoms with Gasteiger partial charge in [0.2, 0.25) is 0 Å². The third kappa shape index (κ3) is 8.13. The van der Waals surface area contributed by atoms with Crippen LogP contribution in [0.1, 0.15) is 74.5 Å². The molecule has 0 unspecified atom stereocenters. The van der Waals surface area contributed by atoms with Crippen molar-refractivity contribution in [3.8, 4) is 28.0 Å². The summed E-state index contributed by atoms with van der Waals surface area (Å²) >= 11 is 0. The third-order valence-corrected chi connectivity index (χ3v) is 8.67. The number of rotatable bonds is 13. The Bertz CT molecular complexity index is 1560. The zero-order chi connectivity index (χ0) is 32.7. The number of hydrogen-bond donors (Lipinski definition) is 0. The lowest BCUT2D eigenvalue weighted by molar-refractivity contribution is -0.277. The van der Waals surface area contributed by atoms with Gasteiger partial charge >= 0.3 is 6.11 Å². The van der Waals surface area contributed by atoms with Gasteiger partial charge in [0.15, 0.2) is 17.4 Å². The van der Waals surface area contributed by atoms with Crippen molar-refractivity contribution in [3.05, 3.63) is 113 Å². The Morgan fingerprint density at radius 1 is 0.717 bits per heavy atom. The van der Waals surface area contributed by atoms with E-state index in [-0.39, 0.29) is 22.6 Å². The van der Waals surface area contributed by atoms with Gasteiger partial charge in [0.05, 0.1) is 11.7 Å². The van der Waals surface area contributed by atoms with Gasteiger partial charge < -0.3 is 9.47 Å². The number of benzene rings is 4. The quantitative estimate of drug-likeness (QED) is 0.107. The van der Waals surface area contributed by atoms with E-state index in [0.717, 1.165) is 54.5 Å². The first-order chi connectivity index (χ1) is 22.2. The summed E-state index contributed by atoms with van der Waals surface area (Å²) in [5, 5.41) is 0. The Kier molecular flexibility index (Phi) is 11.1. The van der Waals surface area contributed by atoms with E-state index in [1.54, 1.807) is 18.2 Å². The molecule has 0 atom stereocenters. The van der Waals surface area contributed by atoms with Crippen molar-refractivity contribution in [2.45, 2.75) is 76.4 Å². The van der Waals surface area contributed by atoms with Gasteiger partial charge in [-0.05, 0) is 90.5 Å². The standard InChI is InChI=1S/C38H38F6O2/c1-2-3-4-5-25-6-15-31(16-7-25)38(43,44)46-32-17-12-27(13-18-32)26-8-10-28(11-9-26)29-14-19-33(34(40)22-29)30-23-35(41)37(36(42)24-30)45-21-20-39/h6-11,14-16,19,22-24,27,32H,2-5,12-13,17-18,20-21H2,1H3. The van der Waals surface area contributed by atoms with Gasteiger partial charge in [0, 0.05) is 5.56 Å². The molecule has 8 heteroatoms. The molecule has 46 heavy (non-hydrogen) atoms. The summed E-state index contributed by atoms with van der Waals surface area (Å²) in [6.45, 7) is 0.745. The van der Waals surface area contributed by atoms with Crippen LogP contribution in [0.2, 0.25) is 0 Å². The van der Waals surface area contributed by atoms with Crippen molar-refractivity contribution in [3.63, 3.8) is 0 Å². The topological polar surface area (TPSA) is 18.5 Å². The molecular weight excluding hydrogens is 602 g/mol. The fourth-order valence-corrected chi connectivity index (χ4v) is 6.11. The van der Waals surface area contributed by atoms with E-state index in [1.807, 2.05) is 24.3 Å². The molecule has 0 bridgehead atoms. The van der Waals surface area contributed by atoms with Gasteiger partial charge in [-0.15, -0.1) is 0 Å². The lowest BCUT2D eigenvalue weighted by Gasteiger charge is -2.31. The maximum Gasteiger partial charge on any atom is 0.383 e. The number of halogens is 6. The highest BCUT2D eigenvalue weighted by Gasteiger charge is 2.37. The Morgan fingerprint density at radius 3 is 1.96 bits per heavy atom. The molecule has 2 nitrogen and oxygen atoms in total. The molecule has 0 aliphatic heterocycles. The Balaban J connectivity index is 1.17. The van der Waals surface area contributed by atoms with Gasteiger partial charge in [-0.25, -0.2) is 17.6 Å². The number of alkyl halides is 3. The summed E-state index contributed by atoms with van der Waals surface area (Å²) in [6.07, 6.45) is 2.76. The number of ether oxygens (including phenoxy) is 2. The van der Waals surface area contributed by atoms with Gasteiger partial charge in [0.25, 0.3) is 0 Å². The SMILES string of the molecule is CCCCCc1ccc(C(F)(F)OC2CCC(c3ccc(-c4ccc(-c5cc(F)c(OCCF)c(F)c5)c(F)c4)cc3)CC2)cc1. The van der Waals surface area contributed by atoms with E-state index in [1.165, 1.54) is 24.3 Å². The van der Waals surface area contributed by atoms with E-state index >= 15 is 4.39 Å². The molecule has 5 rings (SSSR count). The molecule has 244 valence electrons. The molecule has 0 amide bonds. The molecule has 1 aliphatic carbocycles. The minimum atomic E-state index is -3.34. The number of hydrogen-bond acceptors (Lipinski definition) is 2. The van der Waals surface area contributed by atoms with Crippen molar-refractivity contribution < 1.29 is 35.8 Å². The fraction of sp³-hybridized carbons (Fsp3) is 0.368. The summed E-state index contributed by atoms with van der Waals surface area (Å²) in [5.74, 6) is -3.24. The van der Waals surface area contributed by atoms with Crippen LogP contribution >= 0.6 is 0 Å². The first-order valence-corrected chi connectivity index (χ1v) is 15.9. The van der Waals surface area contributed by atoms with Crippen LogP contribution in [0.5, 0.6) is 5.75 Å². The predicted molar refractivity (Wildman–Crippen MR) is 168 cm³/mol. The predicted octanol–water partition coefficient (Wildman–Crippen LogP) is 11.3. The van der Waals surface area contributed by atoms with Crippen LogP contribution in [0.4, 0.5) is 26.3 Å². The fourth-order valence-electron chi connectivity index (χ4n) is 6.11. The van der Waals surface area contributed by atoms with Gasteiger partial charge in [-0.1, -0.05) is 80.4 Å². The average Bonchev–Trinajstić information content (AvgIpc) is 3.05. The van der Waals surface area contributed by atoms with Crippen molar-refractivity contribution in [1.29, 1.82) is 0 Å². The molecule has 0 spiro atoms. The summed E-state index contributed by atoms with van der Waals surface area (Å²) in [4.78, 5) is 0. The maximum absolute atomic E-state index is 15.1. The highest BCUT2D eigenvalue weighted by molar-refractivity contribution is 5.71. The summed E-state index contributed by atoms with van der Waals surface area (Å²) in [6, 6.07) is 20.5. The largest absolute Gasteiger partial charge is 0.485 e. The lowest BCUT2D eigenvalue weighted by Crippen LogP contribution is -2.29. The number of aryl methyl sites for hydroxylation is 1. The highest BCUT2D eigenvalue weighted by atomic mass is 19.3. The summed E-state index contributed by atoms with van der Waals surface area (Å²) < 4.78 is 96.1. The normalized spacial score (nSPS) is 16.8.